The number of aryl methyl sites for hydroxylation is 1. The number of esters is 1. The third-order valence-corrected chi connectivity index (χ3v) is 2.92. The Bertz CT molecular complexity index is 548. The van der Waals surface area contributed by atoms with Gasteiger partial charge < -0.3 is 19.9 Å². The van der Waals surface area contributed by atoms with Crippen molar-refractivity contribution in [2.24, 2.45) is 0 Å². The second kappa shape index (κ2) is 7.15. The summed E-state index contributed by atoms with van der Waals surface area (Å²) in [5.41, 5.74) is 0.570. The van der Waals surface area contributed by atoms with Crippen molar-refractivity contribution < 1.29 is 24.2 Å². The zero-order valence-corrected chi connectivity index (χ0v) is 13.6. The van der Waals surface area contributed by atoms with Gasteiger partial charge in [0, 0.05) is 6.42 Å². The number of rotatable bonds is 4. The molecule has 0 aliphatic rings. The van der Waals surface area contributed by atoms with Crippen LogP contribution in [0.3, 0.4) is 0 Å². The van der Waals surface area contributed by atoms with Crippen molar-refractivity contribution in [1.29, 1.82) is 0 Å². The van der Waals surface area contributed by atoms with Crippen LogP contribution in [-0.4, -0.2) is 35.9 Å². The molecular weight excluding hydrogens is 286 g/mol. The number of benzene rings is 1. The quantitative estimate of drug-likeness (QED) is 0.834. The van der Waals surface area contributed by atoms with Crippen molar-refractivity contribution in [1.82, 2.24) is 5.32 Å². The monoisotopic (exact) mass is 309 g/mol. The Morgan fingerprint density at radius 2 is 1.95 bits per heavy atom. The highest BCUT2D eigenvalue weighted by molar-refractivity contribution is 5.81. The van der Waals surface area contributed by atoms with E-state index < -0.39 is 23.7 Å². The number of methoxy groups -OCH3 is 1. The van der Waals surface area contributed by atoms with Gasteiger partial charge in [-0.1, -0.05) is 18.2 Å². The number of nitrogens with one attached hydrogen (secondary N) is 1. The first-order chi connectivity index (χ1) is 10.1. The molecule has 0 aromatic heterocycles. The molecule has 0 radical (unpaired) electrons. The minimum Gasteiger partial charge on any atom is -0.507 e. The molecule has 1 aromatic rings. The fraction of sp³-hybridized carbons (Fsp3) is 0.500. The van der Waals surface area contributed by atoms with Crippen LogP contribution in [-0.2, 0) is 20.7 Å². The van der Waals surface area contributed by atoms with Gasteiger partial charge >= 0.3 is 12.1 Å². The summed E-state index contributed by atoms with van der Waals surface area (Å²) in [6.07, 6.45) is -0.602. The molecule has 0 spiro atoms. The van der Waals surface area contributed by atoms with Gasteiger partial charge in [-0.2, -0.15) is 0 Å². The van der Waals surface area contributed by atoms with Crippen molar-refractivity contribution >= 4 is 12.1 Å². The lowest BCUT2D eigenvalue weighted by Crippen LogP contribution is -2.45. The van der Waals surface area contributed by atoms with Gasteiger partial charge in [-0.3, -0.25) is 0 Å². The molecule has 0 aliphatic heterocycles. The van der Waals surface area contributed by atoms with Gasteiger partial charge in [0.1, 0.15) is 17.4 Å². The summed E-state index contributed by atoms with van der Waals surface area (Å²) in [6.45, 7) is 6.94. The van der Waals surface area contributed by atoms with Gasteiger partial charge in [-0.05, 0) is 38.8 Å². The van der Waals surface area contributed by atoms with E-state index in [1.807, 2.05) is 0 Å². The van der Waals surface area contributed by atoms with E-state index in [1.165, 1.54) is 7.11 Å². The van der Waals surface area contributed by atoms with Crippen LogP contribution in [0.5, 0.6) is 5.75 Å². The van der Waals surface area contributed by atoms with Crippen LogP contribution in [0.1, 0.15) is 31.9 Å². The van der Waals surface area contributed by atoms with Crippen molar-refractivity contribution in [2.45, 2.75) is 45.8 Å². The number of para-hydroxylation sites is 1. The number of aromatic hydroxyl groups is 1. The Balaban J connectivity index is 2.88. The molecule has 0 heterocycles. The number of phenolic OH excluding ortho intramolecular Hbond substituents is 1. The van der Waals surface area contributed by atoms with E-state index in [-0.39, 0.29) is 12.2 Å². The Labute approximate surface area is 130 Å². The molecule has 6 nitrogen and oxygen atoms in total. The van der Waals surface area contributed by atoms with Gasteiger partial charge in [0.25, 0.3) is 0 Å². The first-order valence-corrected chi connectivity index (χ1v) is 6.99. The van der Waals surface area contributed by atoms with Crippen LogP contribution in [0.4, 0.5) is 4.79 Å². The van der Waals surface area contributed by atoms with Crippen molar-refractivity contribution in [3.05, 3.63) is 29.3 Å². The summed E-state index contributed by atoms with van der Waals surface area (Å²) in [6, 6.07) is 4.28. The number of hydrogen-bond acceptors (Lipinski definition) is 5. The van der Waals surface area contributed by atoms with Crippen LogP contribution in [0.25, 0.3) is 0 Å². The van der Waals surface area contributed by atoms with E-state index in [1.54, 1.807) is 45.9 Å². The van der Waals surface area contributed by atoms with E-state index in [0.29, 0.717) is 11.1 Å². The maximum Gasteiger partial charge on any atom is 0.408 e. The molecule has 0 fully saturated rings. The summed E-state index contributed by atoms with van der Waals surface area (Å²) in [7, 11) is 1.24. The topological polar surface area (TPSA) is 84.9 Å². The first-order valence-electron chi connectivity index (χ1n) is 6.99. The number of alkyl carbamates (subject to hydrolysis) is 1. The highest BCUT2D eigenvalue weighted by atomic mass is 16.6. The van der Waals surface area contributed by atoms with E-state index in [9.17, 15) is 14.7 Å². The smallest absolute Gasteiger partial charge is 0.408 e. The van der Waals surface area contributed by atoms with Crippen molar-refractivity contribution in [2.75, 3.05) is 7.11 Å². The van der Waals surface area contributed by atoms with Gasteiger partial charge in [0.05, 0.1) is 7.11 Å². The summed E-state index contributed by atoms with van der Waals surface area (Å²) >= 11 is 0. The SMILES string of the molecule is COC(=O)C(Cc1cccc(C)c1O)NC(=O)OC(C)(C)C. The fourth-order valence-corrected chi connectivity index (χ4v) is 1.89. The highest BCUT2D eigenvalue weighted by Gasteiger charge is 2.26. The van der Waals surface area contributed by atoms with Gasteiger partial charge in [-0.15, -0.1) is 0 Å². The number of carbonyl (C=O) groups excluding carboxylic acids is 2. The molecule has 0 aliphatic carbocycles. The third kappa shape index (κ3) is 5.27. The Kier molecular flexibility index (Phi) is 5.79. The predicted octanol–water partition coefficient (Wildman–Crippen LogP) is 2.31. The second-order valence-electron chi connectivity index (χ2n) is 6.01. The molecule has 0 saturated carbocycles. The number of carbonyl (C=O) groups is 2. The average molecular weight is 309 g/mol. The number of amides is 1. The molecule has 22 heavy (non-hydrogen) atoms. The lowest BCUT2D eigenvalue weighted by Gasteiger charge is -2.23. The van der Waals surface area contributed by atoms with Crippen LogP contribution in [0.15, 0.2) is 18.2 Å². The average Bonchev–Trinajstić information content (AvgIpc) is 2.40. The zero-order chi connectivity index (χ0) is 16.9. The Morgan fingerprint density at radius 3 is 2.50 bits per heavy atom. The standard InChI is InChI=1S/C16H23NO5/c1-10-7-6-8-11(13(10)18)9-12(14(19)21-5)17-15(20)22-16(2,3)4/h6-8,12,18H,9H2,1-5H3,(H,17,20). The predicted molar refractivity (Wildman–Crippen MR) is 81.7 cm³/mol. The third-order valence-electron chi connectivity index (χ3n) is 2.92. The maximum absolute atomic E-state index is 11.8. The van der Waals surface area contributed by atoms with Crippen LogP contribution >= 0.6 is 0 Å². The molecule has 1 unspecified atom stereocenters. The fourth-order valence-electron chi connectivity index (χ4n) is 1.89. The lowest BCUT2D eigenvalue weighted by atomic mass is 10.0. The summed E-state index contributed by atoms with van der Waals surface area (Å²) in [4.78, 5) is 23.7. The van der Waals surface area contributed by atoms with E-state index in [0.717, 1.165) is 0 Å². The largest absolute Gasteiger partial charge is 0.507 e. The summed E-state index contributed by atoms with van der Waals surface area (Å²) in [5, 5.41) is 12.5. The van der Waals surface area contributed by atoms with E-state index in [2.05, 4.69) is 5.32 Å². The van der Waals surface area contributed by atoms with Gasteiger partial charge in [0.2, 0.25) is 0 Å². The molecule has 1 atom stereocenters. The minimum atomic E-state index is -0.937. The van der Waals surface area contributed by atoms with Gasteiger partial charge in [0.15, 0.2) is 0 Å². The first kappa shape index (κ1) is 17.8. The Morgan fingerprint density at radius 1 is 1.32 bits per heavy atom. The van der Waals surface area contributed by atoms with Crippen molar-refractivity contribution in [3.63, 3.8) is 0 Å². The molecule has 6 heteroatoms. The number of ether oxygens (including phenoxy) is 2. The molecule has 1 aromatic carbocycles. The maximum atomic E-state index is 11.8. The van der Waals surface area contributed by atoms with Crippen LogP contribution in [0.2, 0.25) is 0 Å². The minimum absolute atomic E-state index is 0.0994. The Hall–Kier alpha value is -2.24. The van der Waals surface area contributed by atoms with Crippen molar-refractivity contribution in [3.8, 4) is 5.75 Å². The summed E-state index contributed by atoms with van der Waals surface area (Å²) in [5.74, 6) is -0.505. The van der Waals surface area contributed by atoms with Crippen LogP contribution in [0, 0.1) is 6.92 Å². The number of hydrogen-bond donors (Lipinski definition) is 2. The molecule has 1 rings (SSSR count). The zero-order valence-electron chi connectivity index (χ0n) is 13.6. The number of phenols is 1. The second-order valence-corrected chi connectivity index (χ2v) is 6.01. The van der Waals surface area contributed by atoms with Gasteiger partial charge in [-0.25, -0.2) is 9.59 Å². The summed E-state index contributed by atoms with van der Waals surface area (Å²) < 4.78 is 9.83. The normalized spacial score (nSPS) is 12.4. The molecule has 1 amide bonds. The molecule has 122 valence electrons. The molecule has 0 bridgehead atoms. The van der Waals surface area contributed by atoms with Crippen LogP contribution < -0.4 is 5.32 Å². The molecular formula is C16H23NO5. The molecule has 0 saturated heterocycles. The highest BCUT2D eigenvalue weighted by Crippen LogP contribution is 2.23. The van der Waals surface area contributed by atoms with E-state index >= 15 is 0 Å². The molecule has 2 N–H and O–H groups in total. The lowest BCUT2D eigenvalue weighted by molar-refractivity contribution is -0.143. The van der Waals surface area contributed by atoms with E-state index in [4.69, 9.17) is 9.47 Å².